The number of esters is 1. The van der Waals surface area contributed by atoms with Crippen molar-refractivity contribution in [2.75, 3.05) is 0 Å². The first-order valence-corrected chi connectivity index (χ1v) is 8.22. The molecule has 0 bridgehead atoms. The molecule has 1 heterocycles. The van der Waals surface area contributed by atoms with Gasteiger partial charge in [0.2, 0.25) is 5.91 Å². The van der Waals surface area contributed by atoms with E-state index in [-0.39, 0.29) is 21.7 Å². The Morgan fingerprint density at radius 2 is 2.09 bits per heavy atom. The Kier molecular flexibility index (Phi) is 5.61. The third kappa shape index (κ3) is 4.66. The summed E-state index contributed by atoms with van der Waals surface area (Å²) in [6.45, 7) is 2.59. The maximum atomic E-state index is 11.9. The first-order valence-electron chi connectivity index (χ1n) is 6.24. The molecule has 6 nitrogen and oxygen atoms in total. The minimum Gasteiger partial charge on any atom is -0.425 e. The largest absolute Gasteiger partial charge is 0.425 e. The molecule has 1 aromatic carbocycles. The van der Waals surface area contributed by atoms with E-state index < -0.39 is 11.9 Å². The SMILES string of the molecule is CC(=O)NC1=NC(=O)/C(=C/c2cc(Cl)cc(Br)c2OC(C)=O)S1. The van der Waals surface area contributed by atoms with Crippen LogP contribution in [0.4, 0.5) is 0 Å². The number of carbonyl (C=O) groups is 3. The highest BCUT2D eigenvalue weighted by Gasteiger charge is 2.23. The molecular formula is C14H10BrClN2O4S. The lowest BCUT2D eigenvalue weighted by Gasteiger charge is -2.09. The van der Waals surface area contributed by atoms with E-state index in [4.69, 9.17) is 16.3 Å². The zero-order valence-corrected chi connectivity index (χ0v) is 15.1. The third-order valence-corrected chi connectivity index (χ3v) is 4.18. The molecule has 1 aliphatic heterocycles. The van der Waals surface area contributed by atoms with E-state index >= 15 is 0 Å². The molecule has 0 aliphatic carbocycles. The molecule has 0 atom stereocenters. The van der Waals surface area contributed by atoms with Crippen molar-refractivity contribution in [3.05, 3.63) is 32.1 Å². The maximum Gasteiger partial charge on any atom is 0.308 e. The van der Waals surface area contributed by atoms with E-state index in [0.29, 0.717) is 15.1 Å². The zero-order chi connectivity index (χ0) is 17.1. The molecule has 9 heteroatoms. The van der Waals surface area contributed by atoms with Crippen molar-refractivity contribution in [3.8, 4) is 5.75 Å². The minimum absolute atomic E-state index is 0.198. The number of amides is 2. The molecule has 2 amide bonds. The molecule has 120 valence electrons. The van der Waals surface area contributed by atoms with Crippen LogP contribution in [-0.4, -0.2) is 23.0 Å². The third-order valence-electron chi connectivity index (χ3n) is 2.47. The highest BCUT2D eigenvalue weighted by molar-refractivity contribution is 9.10. The van der Waals surface area contributed by atoms with Gasteiger partial charge in [-0.15, -0.1) is 0 Å². The van der Waals surface area contributed by atoms with Crippen LogP contribution in [-0.2, 0) is 14.4 Å². The number of aliphatic imine (C=N–C) groups is 1. The lowest BCUT2D eigenvalue weighted by atomic mass is 10.2. The number of nitrogens with one attached hydrogen (secondary N) is 1. The second kappa shape index (κ2) is 7.29. The van der Waals surface area contributed by atoms with Crippen LogP contribution < -0.4 is 10.1 Å². The highest BCUT2D eigenvalue weighted by Crippen LogP contribution is 2.36. The summed E-state index contributed by atoms with van der Waals surface area (Å²) in [5.74, 6) is -1.08. The standard InChI is InChI=1S/C14H10BrClN2O4S/c1-6(19)17-14-18-13(21)11(23-14)4-8-3-9(16)5-10(15)12(8)22-7(2)20/h3-5H,1-2H3,(H,17,18,19,21)/b11-4-. The fourth-order valence-electron chi connectivity index (χ4n) is 1.69. The van der Waals surface area contributed by atoms with Crippen molar-refractivity contribution < 1.29 is 19.1 Å². The molecule has 0 saturated carbocycles. The van der Waals surface area contributed by atoms with Crippen molar-refractivity contribution in [1.29, 1.82) is 0 Å². The van der Waals surface area contributed by atoms with Gasteiger partial charge in [-0.2, -0.15) is 4.99 Å². The van der Waals surface area contributed by atoms with Gasteiger partial charge >= 0.3 is 5.97 Å². The molecule has 0 fully saturated rings. The number of hydrogen-bond donors (Lipinski definition) is 1. The van der Waals surface area contributed by atoms with Crippen LogP contribution in [0.25, 0.3) is 6.08 Å². The van der Waals surface area contributed by atoms with Gasteiger partial charge in [0.25, 0.3) is 5.91 Å². The predicted molar refractivity (Wildman–Crippen MR) is 92.3 cm³/mol. The van der Waals surface area contributed by atoms with Gasteiger partial charge in [-0.3, -0.25) is 14.4 Å². The number of rotatable bonds is 2. The number of hydrogen-bond acceptors (Lipinski definition) is 5. The highest BCUT2D eigenvalue weighted by atomic mass is 79.9. The topological polar surface area (TPSA) is 84.8 Å². The molecule has 0 radical (unpaired) electrons. The first kappa shape index (κ1) is 17.7. The predicted octanol–water partition coefficient (Wildman–Crippen LogP) is 3.13. The number of amidine groups is 1. The second-order valence-electron chi connectivity index (χ2n) is 4.41. The molecule has 2 rings (SSSR count). The number of thioether (sulfide) groups is 1. The summed E-state index contributed by atoms with van der Waals surface area (Å²) in [5.41, 5.74) is 0.440. The average molecular weight is 418 g/mol. The molecule has 0 saturated heterocycles. The van der Waals surface area contributed by atoms with Crippen LogP contribution in [0.2, 0.25) is 5.02 Å². The quantitative estimate of drug-likeness (QED) is 0.454. The lowest BCUT2D eigenvalue weighted by molar-refractivity contribution is -0.132. The van der Waals surface area contributed by atoms with Crippen molar-refractivity contribution in [3.63, 3.8) is 0 Å². The van der Waals surface area contributed by atoms with E-state index in [9.17, 15) is 14.4 Å². The fraction of sp³-hybridized carbons (Fsp3) is 0.143. The lowest BCUT2D eigenvalue weighted by Crippen LogP contribution is -2.23. The van der Waals surface area contributed by atoms with E-state index in [1.807, 2.05) is 0 Å². The molecule has 23 heavy (non-hydrogen) atoms. The summed E-state index contributed by atoms with van der Waals surface area (Å²) in [5, 5.41) is 3.05. The van der Waals surface area contributed by atoms with Gasteiger partial charge in [-0.1, -0.05) is 11.6 Å². The van der Waals surface area contributed by atoms with Crippen molar-refractivity contribution in [2.24, 2.45) is 4.99 Å². The van der Waals surface area contributed by atoms with Gasteiger partial charge in [-0.25, -0.2) is 0 Å². The van der Waals surface area contributed by atoms with Crippen LogP contribution in [0.1, 0.15) is 19.4 Å². The monoisotopic (exact) mass is 416 g/mol. The Bertz CT molecular complexity index is 776. The van der Waals surface area contributed by atoms with Crippen LogP contribution in [0, 0.1) is 0 Å². The number of carbonyl (C=O) groups excluding carboxylic acids is 3. The number of nitrogens with zero attached hydrogens (tertiary/aromatic N) is 1. The van der Waals surface area contributed by atoms with Crippen molar-refractivity contribution in [1.82, 2.24) is 5.32 Å². The Balaban J connectivity index is 2.38. The van der Waals surface area contributed by atoms with Crippen molar-refractivity contribution in [2.45, 2.75) is 13.8 Å². The summed E-state index contributed by atoms with van der Waals surface area (Å²) in [7, 11) is 0. The zero-order valence-electron chi connectivity index (χ0n) is 12.0. The second-order valence-corrected chi connectivity index (χ2v) is 6.73. The number of ether oxygens (including phenoxy) is 1. The molecule has 1 aliphatic rings. The van der Waals surface area contributed by atoms with Gasteiger partial charge in [0.05, 0.1) is 9.38 Å². The van der Waals surface area contributed by atoms with Crippen molar-refractivity contribution >= 4 is 68.3 Å². The smallest absolute Gasteiger partial charge is 0.308 e. The van der Waals surface area contributed by atoms with Crippen LogP contribution >= 0.6 is 39.3 Å². The van der Waals surface area contributed by atoms with Gasteiger partial charge in [0, 0.05) is 24.4 Å². The first-order chi connectivity index (χ1) is 10.8. The molecule has 0 unspecified atom stereocenters. The molecule has 0 spiro atoms. The van der Waals surface area contributed by atoms with Gasteiger partial charge < -0.3 is 10.1 Å². The van der Waals surface area contributed by atoms with E-state index in [1.165, 1.54) is 19.9 Å². The van der Waals surface area contributed by atoms with E-state index in [2.05, 4.69) is 26.2 Å². The number of benzene rings is 1. The molecule has 1 aromatic rings. The van der Waals surface area contributed by atoms with Gasteiger partial charge in [0.15, 0.2) is 10.9 Å². The Hall–Kier alpha value is -1.64. The van der Waals surface area contributed by atoms with Gasteiger partial charge in [0.1, 0.15) is 0 Å². The average Bonchev–Trinajstić information content (AvgIpc) is 2.72. The van der Waals surface area contributed by atoms with Gasteiger partial charge in [-0.05, 0) is 45.9 Å². The molecule has 1 N–H and O–H groups in total. The summed E-state index contributed by atoms with van der Waals surface area (Å²) < 4.78 is 5.63. The summed E-state index contributed by atoms with van der Waals surface area (Å²) in [4.78, 5) is 38.2. The summed E-state index contributed by atoms with van der Waals surface area (Å²) in [6.07, 6.45) is 1.50. The fourth-order valence-corrected chi connectivity index (χ4v) is 3.46. The Morgan fingerprint density at radius 1 is 1.39 bits per heavy atom. The van der Waals surface area contributed by atoms with Crippen LogP contribution in [0.5, 0.6) is 5.75 Å². The Labute approximate surface area is 149 Å². The Morgan fingerprint density at radius 3 is 2.70 bits per heavy atom. The maximum absolute atomic E-state index is 11.9. The van der Waals surface area contributed by atoms with E-state index in [1.54, 1.807) is 12.1 Å². The van der Waals surface area contributed by atoms with Crippen LogP contribution in [0.15, 0.2) is 26.5 Å². The normalized spacial score (nSPS) is 15.6. The van der Waals surface area contributed by atoms with E-state index in [0.717, 1.165) is 11.8 Å². The molecular weight excluding hydrogens is 408 g/mol. The van der Waals surface area contributed by atoms with Crippen LogP contribution in [0.3, 0.4) is 0 Å². The summed E-state index contributed by atoms with van der Waals surface area (Å²) >= 11 is 10.3. The minimum atomic E-state index is -0.506. The summed E-state index contributed by atoms with van der Waals surface area (Å²) in [6, 6.07) is 3.13. The number of halogens is 2. The molecule has 0 aromatic heterocycles.